The number of aliphatic hydroxyl groups is 1. The second-order valence-electron chi connectivity index (χ2n) is 7.77. The largest absolute Gasteiger partial charge is 0.390 e. The molecule has 1 fully saturated rings. The molecule has 0 spiro atoms. The van der Waals surface area contributed by atoms with Crippen molar-refractivity contribution in [3.8, 4) is 11.3 Å². The Morgan fingerprint density at radius 2 is 1.79 bits per heavy atom. The Balaban J connectivity index is 1.74. The van der Waals surface area contributed by atoms with E-state index in [0.717, 1.165) is 40.9 Å². The number of hydrogen-bond acceptors (Lipinski definition) is 5. The molecule has 3 aromatic rings. The quantitative estimate of drug-likeness (QED) is 0.721. The van der Waals surface area contributed by atoms with E-state index in [0.29, 0.717) is 25.1 Å². The molecule has 1 saturated heterocycles. The zero-order valence-corrected chi connectivity index (χ0v) is 17.0. The molecule has 1 N–H and O–H groups in total. The molecule has 152 valence electrons. The van der Waals surface area contributed by atoms with Crippen molar-refractivity contribution < 1.29 is 9.84 Å². The van der Waals surface area contributed by atoms with Crippen molar-refractivity contribution in [3.05, 3.63) is 63.9 Å². The summed E-state index contributed by atoms with van der Waals surface area (Å²) in [6.45, 7) is 7.72. The highest BCUT2D eigenvalue weighted by molar-refractivity contribution is 5.94. The number of hydrogen-bond donors (Lipinski definition) is 1. The summed E-state index contributed by atoms with van der Waals surface area (Å²) in [6.07, 6.45) is -0.675. The van der Waals surface area contributed by atoms with Crippen LogP contribution >= 0.6 is 0 Å². The maximum absolute atomic E-state index is 13.0. The van der Waals surface area contributed by atoms with E-state index in [1.165, 1.54) is 4.68 Å². The normalized spacial score (nSPS) is 16.2. The van der Waals surface area contributed by atoms with Crippen molar-refractivity contribution in [2.75, 3.05) is 32.8 Å². The van der Waals surface area contributed by atoms with Gasteiger partial charge in [0.2, 0.25) is 0 Å². The van der Waals surface area contributed by atoms with Crippen LogP contribution in [0.4, 0.5) is 0 Å². The summed E-state index contributed by atoms with van der Waals surface area (Å²) in [5, 5.41) is 16.8. The standard InChI is InChI=1S/C23H27N3O3/c1-16-7-8-17(2)21(13-16)22-19-5-3-4-6-20(19)23(28)26(24-22)15-18(27)14-25-9-11-29-12-10-25/h3-8,13,18,27H,9-12,14-15H2,1-2H3/t18-/m1/s1. The van der Waals surface area contributed by atoms with Gasteiger partial charge in [0.1, 0.15) is 0 Å². The molecule has 6 nitrogen and oxygen atoms in total. The molecule has 1 atom stereocenters. The van der Waals surface area contributed by atoms with Crippen LogP contribution in [0.3, 0.4) is 0 Å². The molecule has 0 amide bonds. The minimum Gasteiger partial charge on any atom is -0.390 e. The van der Waals surface area contributed by atoms with Gasteiger partial charge in [-0.2, -0.15) is 5.10 Å². The first-order valence-electron chi connectivity index (χ1n) is 10.1. The number of aromatic nitrogens is 2. The maximum Gasteiger partial charge on any atom is 0.274 e. The molecule has 1 aliphatic rings. The Bertz CT molecular complexity index is 1070. The van der Waals surface area contributed by atoms with Crippen molar-refractivity contribution in [3.63, 3.8) is 0 Å². The van der Waals surface area contributed by atoms with E-state index in [1.54, 1.807) is 0 Å². The van der Waals surface area contributed by atoms with Crippen LogP contribution in [0.5, 0.6) is 0 Å². The lowest BCUT2D eigenvalue weighted by atomic mass is 9.99. The van der Waals surface area contributed by atoms with Gasteiger partial charge in [-0.15, -0.1) is 0 Å². The van der Waals surface area contributed by atoms with Gasteiger partial charge in [-0.25, -0.2) is 4.68 Å². The van der Waals surface area contributed by atoms with E-state index in [-0.39, 0.29) is 12.1 Å². The molecule has 29 heavy (non-hydrogen) atoms. The van der Waals surface area contributed by atoms with E-state index < -0.39 is 6.10 Å². The van der Waals surface area contributed by atoms with Crippen molar-refractivity contribution in [1.29, 1.82) is 0 Å². The van der Waals surface area contributed by atoms with E-state index in [4.69, 9.17) is 9.84 Å². The number of fused-ring (bicyclic) bond motifs is 1. The molecule has 2 heterocycles. The summed E-state index contributed by atoms with van der Waals surface area (Å²) in [6, 6.07) is 13.8. The van der Waals surface area contributed by atoms with E-state index in [2.05, 4.69) is 23.1 Å². The lowest BCUT2D eigenvalue weighted by Crippen LogP contribution is -2.43. The molecular formula is C23H27N3O3. The molecule has 4 rings (SSSR count). The number of benzene rings is 2. The van der Waals surface area contributed by atoms with Crippen LogP contribution in [-0.4, -0.2) is 58.7 Å². The molecule has 1 aliphatic heterocycles. The molecule has 0 radical (unpaired) electrons. The zero-order chi connectivity index (χ0) is 20.4. The van der Waals surface area contributed by atoms with Gasteiger partial charge >= 0.3 is 0 Å². The van der Waals surface area contributed by atoms with Crippen molar-refractivity contribution in [2.45, 2.75) is 26.5 Å². The topological polar surface area (TPSA) is 67.6 Å². The number of ether oxygens (including phenoxy) is 1. The Morgan fingerprint density at radius 1 is 1.07 bits per heavy atom. The first-order valence-corrected chi connectivity index (χ1v) is 10.1. The monoisotopic (exact) mass is 393 g/mol. The van der Waals surface area contributed by atoms with E-state index in [1.807, 2.05) is 38.1 Å². The zero-order valence-electron chi connectivity index (χ0n) is 17.0. The maximum atomic E-state index is 13.0. The fourth-order valence-electron chi connectivity index (χ4n) is 3.89. The molecule has 0 bridgehead atoms. The van der Waals surface area contributed by atoms with Crippen LogP contribution in [-0.2, 0) is 11.3 Å². The number of aliphatic hydroxyl groups excluding tert-OH is 1. The van der Waals surface area contributed by atoms with E-state index in [9.17, 15) is 9.90 Å². The summed E-state index contributed by atoms with van der Waals surface area (Å²) in [7, 11) is 0. The highest BCUT2D eigenvalue weighted by Crippen LogP contribution is 2.28. The summed E-state index contributed by atoms with van der Waals surface area (Å²) in [5.74, 6) is 0. The van der Waals surface area contributed by atoms with Gasteiger partial charge in [0, 0.05) is 30.6 Å². The first kappa shape index (κ1) is 19.8. The van der Waals surface area contributed by atoms with Crippen LogP contribution in [0.2, 0.25) is 0 Å². The van der Waals surface area contributed by atoms with Gasteiger partial charge in [0.05, 0.1) is 36.9 Å². The Morgan fingerprint density at radius 3 is 2.55 bits per heavy atom. The Labute approximate surface area is 170 Å². The summed E-state index contributed by atoms with van der Waals surface area (Å²) >= 11 is 0. The molecule has 0 saturated carbocycles. The third-order valence-corrected chi connectivity index (χ3v) is 5.47. The van der Waals surface area contributed by atoms with Crippen LogP contribution in [0, 0.1) is 13.8 Å². The first-order chi connectivity index (χ1) is 14.0. The fraction of sp³-hybridized carbons (Fsp3) is 0.391. The molecule has 1 aromatic heterocycles. The number of aryl methyl sites for hydroxylation is 2. The SMILES string of the molecule is Cc1ccc(C)c(-c2nn(C[C@H](O)CN3CCOCC3)c(=O)c3ccccc23)c1. The van der Waals surface area contributed by atoms with Gasteiger partial charge in [-0.3, -0.25) is 9.69 Å². The summed E-state index contributed by atoms with van der Waals surface area (Å²) in [4.78, 5) is 15.2. The number of morpholine rings is 1. The van der Waals surface area contributed by atoms with E-state index >= 15 is 0 Å². The minimum absolute atomic E-state index is 0.166. The van der Waals surface area contributed by atoms with Crippen molar-refractivity contribution >= 4 is 10.8 Å². The Hall–Kier alpha value is -2.54. The van der Waals surface area contributed by atoms with Gasteiger partial charge < -0.3 is 9.84 Å². The van der Waals surface area contributed by atoms with Crippen LogP contribution in [0.15, 0.2) is 47.3 Å². The van der Waals surface area contributed by atoms with Gasteiger partial charge in [-0.1, -0.05) is 35.9 Å². The van der Waals surface area contributed by atoms with Crippen LogP contribution < -0.4 is 5.56 Å². The molecule has 0 unspecified atom stereocenters. The summed E-state index contributed by atoms with van der Waals surface area (Å²) in [5.41, 5.74) is 3.86. The average Bonchev–Trinajstić information content (AvgIpc) is 2.73. The smallest absolute Gasteiger partial charge is 0.274 e. The third kappa shape index (κ3) is 4.24. The highest BCUT2D eigenvalue weighted by atomic mass is 16.5. The second-order valence-corrected chi connectivity index (χ2v) is 7.77. The minimum atomic E-state index is -0.675. The fourth-order valence-corrected chi connectivity index (χ4v) is 3.89. The predicted octanol–water partition coefficient (Wildman–Crippen LogP) is 2.37. The Kier molecular flexibility index (Phi) is 5.76. The van der Waals surface area contributed by atoms with Gasteiger partial charge in [0.15, 0.2) is 0 Å². The number of nitrogens with zero attached hydrogens (tertiary/aromatic N) is 3. The van der Waals surface area contributed by atoms with Gasteiger partial charge in [0.25, 0.3) is 5.56 Å². The molecule has 2 aromatic carbocycles. The number of rotatable bonds is 5. The number of β-amino-alcohol motifs (C(OH)–C–C–N with tert-alkyl or cyclic N) is 1. The second kappa shape index (κ2) is 8.45. The van der Waals surface area contributed by atoms with Gasteiger partial charge in [-0.05, 0) is 31.5 Å². The lowest BCUT2D eigenvalue weighted by Gasteiger charge is -2.28. The summed E-state index contributed by atoms with van der Waals surface area (Å²) < 4.78 is 6.78. The van der Waals surface area contributed by atoms with Crippen LogP contribution in [0.25, 0.3) is 22.0 Å². The van der Waals surface area contributed by atoms with Crippen molar-refractivity contribution in [2.24, 2.45) is 0 Å². The average molecular weight is 393 g/mol. The lowest BCUT2D eigenvalue weighted by molar-refractivity contribution is 0.0106. The third-order valence-electron chi connectivity index (χ3n) is 5.47. The molecule has 6 heteroatoms. The van der Waals surface area contributed by atoms with Crippen LogP contribution in [0.1, 0.15) is 11.1 Å². The molecular weight excluding hydrogens is 366 g/mol. The molecule has 0 aliphatic carbocycles. The highest BCUT2D eigenvalue weighted by Gasteiger charge is 2.19. The van der Waals surface area contributed by atoms with Crippen molar-refractivity contribution in [1.82, 2.24) is 14.7 Å². The predicted molar refractivity (Wildman–Crippen MR) is 114 cm³/mol.